The number of ether oxygens (including phenoxy) is 2. The smallest absolute Gasteiger partial charge is 0.205 e. The highest BCUT2D eigenvalue weighted by Crippen LogP contribution is 2.36. The van der Waals surface area contributed by atoms with E-state index < -0.39 is 5.41 Å². The Morgan fingerprint density at radius 3 is 2.83 bits per heavy atom. The Hall–Kier alpha value is -1.92. The first-order valence-corrected chi connectivity index (χ1v) is 8.33. The van der Waals surface area contributed by atoms with Crippen molar-refractivity contribution in [3.63, 3.8) is 0 Å². The van der Waals surface area contributed by atoms with E-state index >= 15 is 0 Å². The summed E-state index contributed by atoms with van der Waals surface area (Å²) in [6.45, 7) is 1.46. The van der Waals surface area contributed by atoms with Crippen molar-refractivity contribution in [2.45, 2.75) is 24.7 Å². The Morgan fingerprint density at radius 2 is 2.21 bits per heavy atom. The fraction of sp³-hybridized carbons (Fsp3) is 0.471. The molecule has 3 heterocycles. The Kier molecular flexibility index (Phi) is 4.02. The quantitative estimate of drug-likeness (QED) is 0.716. The summed E-state index contributed by atoms with van der Waals surface area (Å²) in [7, 11) is 0. The zero-order valence-electron chi connectivity index (χ0n) is 13.0. The van der Waals surface area contributed by atoms with Crippen molar-refractivity contribution < 1.29 is 18.7 Å². The van der Waals surface area contributed by atoms with Crippen LogP contribution in [0, 0.1) is 5.92 Å². The molecule has 0 spiro atoms. The van der Waals surface area contributed by atoms with Gasteiger partial charge in [0.2, 0.25) is 5.89 Å². The second-order valence-corrected chi connectivity index (χ2v) is 6.87. The maximum atomic E-state index is 12.7. The van der Waals surface area contributed by atoms with Crippen molar-refractivity contribution in [2.75, 3.05) is 19.8 Å². The lowest BCUT2D eigenvalue weighted by atomic mass is 9.80. The Labute approximate surface area is 144 Å². The number of Topliss-reactive ketones (excluding diaryl/α,β-unsaturated/α-hetero) is 1. The fourth-order valence-corrected chi connectivity index (χ4v) is 2.87. The molecule has 2 aliphatic rings. The summed E-state index contributed by atoms with van der Waals surface area (Å²) in [5.41, 5.74) is -0.167. The van der Waals surface area contributed by atoms with E-state index in [4.69, 9.17) is 25.5 Å². The highest BCUT2D eigenvalue weighted by atomic mass is 35.5. The number of carbonyl (C=O) groups is 1. The first-order chi connectivity index (χ1) is 11.7. The van der Waals surface area contributed by atoms with Gasteiger partial charge in [-0.05, 0) is 18.8 Å². The van der Waals surface area contributed by atoms with Crippen molar-refractivity contribution in [1.29, 1.82) is 0 Å². The molecule has 24 heavy (non-hydrogen) atoms. The minimum atomic E-state index is -0.503. The third-order valence-electron chi connectivity index (χ3n) is 4.42. The molecular formula is C17H17ClN2O4. The minimum Gasteiger partial charge on any atom is -0.492 e. The van der Waals surface area contributed by atoms with E-state index in [2.05, 4.69) is 9.97 Å². The molecule has 0 unspecified atom stereocenters. The van der Waals surface area contributed by atoms with E-state index in [1.54, 1.807) is 12.3 Å². The van der Waals surface area contributed by atoms with Crippen LogP contribution in [0.4, 0.5) is 0 Å². The van der Waals surface area contributed by atoms with Gasteiger partial charge < -0.3 is 13.9 Å². The Bertz CT molecular complexity index is 739. The van der Waals surface area contributed by atoms with Gasteiger partial charge in [0.25, 0.3) is 0 Å². The third kappa shape index (κ3) is 3.03. The fourth-order valence-electron chi connectivity index (χ4n) is 2.71. The van der Waals surface area contributed by atoms with Gasteiger partial charge in [0.15, 0.2) is 5.78 Å². The lowest BCUT2D eigenvalue weighted by Crippen LogP contribution is -2.48. The van der Waals surface area contributed by atoms with Crippen LogP contribution in [0.25, 0.3) is 0 Å². The van der Waals surface area contributed by atoms with E-state index in [9.17, 15) is 4.79 Å². The summed E-state index contributed by atoms with van der Waals surface area (Å²) in [6, 6.07) is 1.62. The van der Waals surface area contributed by atoms with Gasteiger partial charge in [-0.1, -0.05) is 11.6 Å². The van der Waals surface area contributed by atoms with E-state index in [1.807, 2.05) is 0 Å². The van der Waals surface area contributed by atoms with Gasteiger partial charge >= 0.3 is 0 Å². The number of aromatic nitrogens is 2. The molecule has 2 aromatic heterocycles. The summed E-state index contributed by atoms with van der Waals surface area (Å²) in [5.74, 6) is 1.54. The van der Waals surface area contributed by atoms with Crippen LogP contribution < -0.4 is 4.74 Å². The number of ketones is 1. The first-order valence-electron chi connectivity index (χ1n) is 7.96. The molecule has 1 saturated heterocycles. The average molecular weight is 349 g/mol. The number of hydrogen-bond donors (Lipinski definition) is 0. The number of rotatable bonds is 7. The second kappa shape index (κ2) is 6.18. The van der Waals surface area contributed by atoms with Gasteiger partial charge in [0.1, 0.15) is 28.1 Å². The SMILES string of the molecule is O=C(CC1(c2ncco2)COC1)c1cc(OCC2CC2)c(Cl)cn1. The summed E-state index contributed by atoms with van der Waals surface area (Å²) in [5, 5.41) is 0.418. The zero-order chi connectivity index (χ0) is 16.6. The third-order valence-corrected chi connectivity index (χ3v) is 4.70. The summed E-state index contributed by atoms with van der Waals surface area (Å²) in [4.78, 5) is 21.0. The molecule has 1 aliphatic carbocycles. The van der Waals surface area contributed by atoms with Crippen molar-refractivity contribution in [3.8, 4) is 5.75 Å². The first kappa shape index (κ1) is 15.6. The maximum absolute atomic E-state index is 12.7. The van der Waals surface area contributed by atoms with Crippen molar-refractivity contribution in [3.05, 3.63) is 41.3 Å². The van der Waals surface area contributed by atoms with E-state index in [-0.39, 0.29) is 12.2 Å². The highest BCUT2D eigenvalue weighted by Gasteiger charge is 2.46. The van der Waals surface area contributed by atoms with Crippen molar-refractivity contribution in [1.82, 2.24) is 9.97 Å². The largest absolute Gasteiger partial charge is 0.492 e. The van der Waals surface area contributed by atoms with Gasteiger partial charge in [-0.25, -0.2) is 4.98 Å². The molecule has 0 radical (unpaired) electrons. The van der Waals surface area contributed by atoms with Gasteiger partial charge in [0.05, 0.1) is 32.2 Å². The van der Waals surface area contributed by atoms with Gasteiger partial charge in [-0.15, -0.1) is 0 Å². The molecule has 0 amide bonds. The van der Waals surface area contributed by atoms with Gasteiger partial charge in [-0.2, -0.15) is 0 Å². The maximum Gasteiger partial charge on any atom is 0.205 e. The van der Waals surface area contributed by atoms with Gasteiger partial charge in [-0.3, -0.25) is 9.78 Å². The van der Waals surface area contributed by atoms with Crippen molar-refractivity contribution in [2.24, 2.45) is 5.92 Å². The predicted octanol–water partition coefficient (Wildman–Crippen LogP) is 3.05. The van der Waals surface area contributed by atoms with Crippen LogP contribution >= 0.6 is 11.6 Å². The predicted molar refractivity (Wildman–Crippen MR) is 85.4 cm³/mol. The van der Waals surface area contributed by atoms with E-state index in [0.717, 1.165) is 0 Å². The number of hydrogen-bond acceptors (Lipinski definition) is 6. The monoisotopic (exact) mass is 348 g/mol. The Balaban J connectivity index is 1.50. The topological polar surface area (TPSA) is 74.5 Å². The molecule has 0 aromatic carbocycles. The molecule has 6 nitrogen and oxygen atoms in total. The highest BCUT2D eigenvalue weighted by molar-refractivity contribution is 6.32. The number of halogens is 1. The van der Waals surface area contributed by atoms with Crippen LogP contribution in [0.2, 0.25) is 5.02 Å². The van der Waals surface area contributed by atoms with E-state index in [1.165, 1.54) is 25.3 Å². The molecule has 0 N–H and O–H groups in total. The van der Waals surface area contributed by atoms with Crippen LogP contribution in [0.5, 0.6) is 5.75 Å². The molecule has 0 bridgehead atoms. The number of oxazole rings is 1. The van der Waals surface area contributed by atoms with Crippen molar-refractivity contribution >= 4 is 17.4 Å². The Morgan fingerprint density at radius 1 is 1.38 bits per heavy atom. The standard InChI is InChI=1S/C17H17ClN2O4/c18-12-7-20-13(5-15(12)24-8-11-1-2-11)14(21)6-17(9-22-10-17)16-19-3-4-23-16/h3-5,7,11H,1-2,6,8-10H2. The van der Waals surface area contributed by atoms with E-state index in [0.29, 0.717) is 48.1 Å². The second-order valence-electron chi connectivity index (χ2n) is 6.46. The van der Waals surface area contributed by atoms with Gasteiger partial charge in [0, 0.05) is 12.5 Å². The molecule has 2 aromatic rings. The summed E-state index contributed by atoms with van der Waals surface area (Å²) >= 11 is 6.11. The molecular weight excluding hydrogens is 332 g/mol. The normalized spacial score (nSPS) is 18.9. The lowest BCUT2D eigenvalue weighted by molar-refractivity contribution is -0.0724. The average Bonchev–Trinajstić information content (AvgIpc) is 3.21. The van der Waals surface area contributed by atoms with Crippen LogP contribution in [0.15, 0.2) is 29.1 Å². The zero-order valence-corrected chi connectivity index (χ0v) is 13.8. The minimum absolute atomic E-state index is 0.107. The molecule has 2 fully saturated rings. The number of carbonyl (C=O) groups excluding carboxylic acids is 1. The molecule has 1 saturated carbocycles. The summed E-state index contributed by atoms with van der Waals surface area (Å²) < 4.78 is 16.4. The number of pyridine rings is 1. The van der Waals surface area contributed by atoms with Crippen LogP contribution in [-0.4, -0.2) is 35.6 Å². The number of nitrogens with zero attached hydrogens (tertiary/aromatic N) is 2. The molecule has 1 aliphatic heterocycles. The summed E-state index contributed by atoms with van der Waals surface area (Å²) in [6.07, 6.45) is 7.14. The molecule has 4 rings (SSSR count). The van der Waals surface area contributed by atoms with Crippen LogP contribution in [0.1, 0.15) is 35.6 Å². The van der Waals surface area contributed by atoms with Crippen LogP contribution in [0.3, 0.4) is 0 Å². The molecule has 0 atom stereocenters. The lowest BCUT2D eigenvalue weighted by Gasteiger charge is -2.37. The molecule has 7 heteroatoms. The van der Waals surface area contributed by atoms with Crippen LogP contribution in [-0.2, 0) is 10.2 Å². The molecule has 126 valence electrons.